The minimum absolute atomic E-state index is 0.0285. The topological polar surface area (TPSA) is 84.8 Å². The summed E-state index contributed by atoms with van der Waals surface area (Å²) in [5.74, 6) is 2.19. The Morgan fingerprint density at radius 1 is 1.46 bits per heavy atom. The number of aromatic amines is 1. The molecular weight excluding hydrogens is 306 g/mol. The number of allylic oxidation sites excluding steroid dienone is 1. The summed E-state index contributed by atoms with van der Waals surface area (Å²) in [5.41, 5.74) is 1.31. The zero-order valence-electron chi connectivity index (χ0n) is 14.2. The Kier molecular flexibility index (Phi) is 3.49. The number of imidazole rings is 1. The first kappa shape index (κ1) is 15.4. The normalized spacial score (nSPS) is 26.2. The highest BCUT2D eigenvalue weighted by Crippen LogP contribution is 2.35. The zero-order chi connectivity index (χ0) is 16.9. The minimum Gasteiger partial charge on any atom is -0.390 e. The molecule has 1 aromatic heterocycles. The summed E-state index contributed by atoms with van der Waals surface area (Å²) in [6, 6.07) is -0.0285. The maximum absolute atomic E-state index is 12.7. The first-order chi connectivity index (χ1) is 11.5. The molecule has 1 aromatic rings. The molecule has 0 saturated carbocycles. The number of hydrogen-bond acceptors (Lipinski definition) is 4. The molecule has 1 unspecified atom stereocenters. The van der Waals surface area contributed by atoms with Crippen LogP contribution in [0.5, 0.6) is 0 Å². The van der Waals surface area contributed by atoms with Crippen LogP contribution in [-0.4, -0.2) is 57.1 Å². The van der Waals surface area contributed by atoms with Crippen molar-refractivity contribution in [2.75, 3.05) is 24.5 Å². The molecule has 4 rings (SSSR count). The summed E-state index contributed by atoms with van der Waals surface area (Å²) < 4.78 is 0. The van der Waals surface area contributed by atoms with Crippen molar-refractivity contribution in [2.24, 2.45) is 4.99 Å². The Labute approximate surface area is 141 Å². The molecule has 1 atom stereocenters. The molecule has 0 aromatic carbocycles. The SMILES string of the molecule is CCCN1C(=O)N2CCN=C2c2[nH]c(C3=CCC(C)(O)CC3)nc21. The highest BCUT2D eigenvalue weighted by Gasteiger charge is 2.40. The van der Waals surface area contributed by atoms with Gasteiger partial charge in [-0.1, -0.05) is 13.0 Å². The summed E-state index contributed by atoms with van der Waals surface area (Å²) in [4.78, 5) is 28.8. The van der Waals surface area contributed by atoms with Crippen LogP contribution in [0.3, 0.4) is 0 Å². The van der Waals surface area contributed by atoms with E-state index in [2.05, 4.69) is 16.9 Å². The molecule has 7 heteroatoms. The van der Waals surface area contributed by atoms with Gasteiger partial charge in [-0.05, 0) is 38.2 Å². The van der Waals surface area contributed by atoms with Gasteiger partial charge in [0.1, 0.15) is 11.5 Å². The number of urea groups is 1. The largest absolute Gasteiger partial charge is 0.390 e. The van der Waals surface area contributed by atoms with Crippen LogP contribution in [0.2, 0.25) is 0 Å². The van der Waals surface area contributed by atoms with Crippen LogP contribution in [0.4, 0.5) is 10.6 Å². The number of H-pyrrole nitrogens is 1. The number of aliphatic imine (C=N–C) groups is 1. The lowest BCUT2D eigenvalue weighted by atomic mass is 9.87. The molecular formula is C17H23N5O2. The highest BCUT2D eigenvalue weighted by atomic mass is 16.3. The van der Waals surface area contributed by atoms with Gasteiger partial charge in [-0.25, -0.2) is 9.78 Å². The maximum Gasteiger partial charge on any atom is 0.331 e. The van der Waals surface area contributed by atoms with E-state index in [4.69, 9.17) is 4.98 Å². The van der Waals surface area contributed by atoms with Gasteiger partial charge < -0.3 is 10.1 Å². The fraction of sp³-hybridized carbons (Fsp3) is 0.588. The Morgan fingerprint density at radius 3 is 3.00 bits per heavy atom. The number of amidine groups is 1. The highest BCUT2D eigenvalue weighted by molar-refractivity contribution is 6.18. The van der Waals surface area contributed by atoms with E-state index in [1.54, 1.807) is 9.80 Å². The second-order valence-corrected chi connectivity index (χ2v) is 7.01. The van der Waals surface area contributed by atoms with Crippen molar-refractivity contribution in [3.63, 3.8) is 0 Å². The summed E-state index contributed by atoms with van der Waals surface area (Å²) in [5, 5.41) is 10.1. The van der Waals surface area contributed by atoms with Gasteiger partial charge in [-0.2, -0.15) is 0 Å². The van der Waals surface area contributed by atoms with Crippen molar-refractivity contribution in [3.8, 4) is 0 Å². The number of amides is 2. The molecule has 2 amide bonds. The number of aliphatic hydroxyl groups is 1. The number of hydrogen-bond donors (Lipinski definition) is 2. The number of nitrogens with one attached hydrogen (secondary N) is 1. The Morgan fingerprint density at radius 2 is 2.29 bits per heavy atom. The van der Waals surface area contributed by atoms with Crippen molar-refractivity contribution in [2.45, 2.75) is 45.1 Å². The van der Waals surface area contributed by atoms with Crippen molar-refractivity contribution in [1.29, 1.82) is 0 Å². The molecule has 2 aliphatic heterocycles. The lowest BCUT2D eigenvalue weighted by Crippen LogP contribution is -2.50. The fourth-order valence-electron chi connectivity index (χ4n) is 3.54. The van der Waals surface area contributed by atoms with E-state index >= 15 is 0 Å². The third-order valence-electron chi connectivity index (χ3n) is 4.94. The average molecular weight is 329 g/mol. The minimum atomic E-state index is -0.633. The van der Waals surface area contributed by atoms with Crippen LogP contribution in [-0.2, 0) is 0 Å². The first-order valence-electron chi connectivity index (χ1n) is 8.66. The van der Waals surface area contributed by atoms with Gasteiger partial charge in [0.05, 0.1) is 12.1 Å². The van der Waals surface area contributed by atoms with Crippen LogP contribution < -0.4 is 4.90 Å². The Balaban J connectivity index is 1.74. The lowest BCUT2D eigenvalue weighted by Gasteiger charge is -2.31. The third kappa shape index (κ3) is 2.34. The molecule has 3 aliphatic rings. The third-order valence-corrected chi connectivity index (χ3v) is 4.94. The standard InChI is InChI=1S/C17H23N5O2/c1-3-9-21-15-12(14-18-8-10-22(14)16(21)23)19-13(20-15)11-4-6-17(2,24)7-5-11/h4,24H,3,5-10H2,1-2H3,(H,19,20). The average Bonchev–Trinajstić information content (AvgIpc) is 3.18. The van der Waals surface area contributed by atoms with Crippen molar-refractivity contribution in [3.05, 3.63) is 17.6 Å². The number of anilines is 1. The van der Waals surface area contributed by atoms with E-state index in [1.807, 2.05) is 13.0 Å². The zero-order valence-corrected chi connectivity index (χ0v) is 14.2. The van der Waals surface area contributed by atoms with Gasteiger partial charge in [0.15, 0.2) is 11.7 Å². The van der Waals surface area contributed by atoms with E-state index in [-0.39, 0.29) is 6.03 Å². The molecule has 1 aliphatic carbocycles. The van der Waals surface area contributed by atoms with Crippen LogP contribution in [0.25, 0.3) is 5.57 Å². The van der Waals surface area contributed by atoms with E-state index < -0.39 is 5.60 Å². The number of nitrogens with zero attached hydrogens (tertiary/aromatic N) is 4. The molecule has 0 spiro atoms. The molecule has 128 valence electrons. The number of fused-ring (bicyclic) bond motifs is 3. The van der Waals surface area contributed by atoms with Gasteiger partial charge in [-0.3, -0.25) is 14.8 Å². The molecule has 7 nitrogen and oxygen atoms in total. The Hall–Kier alpha value is -2.15. The second kappa shape index (κ2) is 5.44. The summed E-state index contributed by atoms with van der Waals surface area (Å²) in [7, 11) is 0. The van der Waals surface area contributed by atoms with Crippen molar-refractivity contribution >= 4 is 23.3 Å². The van der Waals surface area contributed by atoms with Crippen LogP contribution in [0, 0.1) is 0 Å². The van der Waals surface area contributed by atoms with Crippen LogP contribution >= 0.6 is 0 Å². The maximum atomic E-state index is 12.7. The predicted octanol–water partition coefficient (Wildman–Crippen LogP) is 2.14. The fourth-order valence-corrected chi connectivity index (χ4v) is 3.54. The molecule has 0 bridgehead atoms. The summed E-state index contributed by atoms with van der Waals surface area (Å²) >= 11 is 0. The quantitative estimate of drug-likeness (QED) is 0.891. The molecule has 0 radical (unpaired) electrons. The number of carbonyl (C=O) groups is 1. The van der Waals surface area contributed by atoms with Crippen molar-refractivity contribution < 1.29 is 9.90 Å². The summed E-state index contributed by atoms with van der Waals surface area (Å²) in [6.07, 6.45) is 5.04. The molecule has 0 saturated heterocycles. The van der Waals surface area contributed by atoms with Gasteiger partial charge in [0, 0.05) is 13.1 Å². The van der Waals surface area contributed by atoms with Crippen molar-refractivity contribution in [1.82, 2.24) is 14.9 Å². The predicted molar refractivity (Wildman–Crippen MR) is 92.2 cm³/mol. The van der Waals surface area contributed by atoms with Crippen LogP contribution in [0.15, 0.2) is 11.1 Å². The van der Waals surface area contributed by atoms with Gasteiger partial charge >= 0.3 is 6.03 Å². The number of aromatic nitrogens is 2. The molecule has 2 N–H and O–H groups in total. The lowest BCUT2D eigenvalue weighted by molar-refractivity contribution is 0.0523. The van der Waals surface area contributed by atoms with E-state index in [9.17, 15) is 9.90 Å². The van der Waals surface area contributed by atoms with E-state index in [0.29, 0.717) is 37.7 Å². The second-order valence-electron chi connectivity index (χ2n) is 7.01. The molecule has 3 heterocycles. The number of rotatable bonds is 3. The smallest absolute Gasteiger partial charge is 0.331 e. The van der Waals surface area contributed by atoms with E-state index in [1.165, 1.54) is 0 Å². The Bertz CT molecular complexity index is 746. The van der Waals surface area contributed by atoms with Crippen LogP contribution in [0.1, 0.15) is 51.0 Å². The summed E-state index contributed by atoms with van der Waals surface area (Å²) in [6.45, 7) is 5.84. The molecule has 0 fully saturated rings. The van der Waals surface area contributed by atoms with Gasteiger partial charge in [-0.15, -0.1) is 0 Å². The first-order valence-corrected chi connectivity index (χ1v) is 8.66. The van der Waals surface area contributed by atoms with E-state index in [0.717, 1.165) is 36.4 Å². The number of carbonyl (C=O) groups excluding carboxylic acids is 1. The van der Waals surface area contributed by atoms with Gasteiger partial charge in [0.25, 0.3) is 0 Å². The molecule has 24 heavy (non-hydrogen) atoms. The van der Waals surface area contributed by atoms with Gasteiger partial charge in [0.2, 0.25) is 0 Å². The monoisotopic (exact) mass is 329 g/mol.